The SMILES string of the molecule is COC(=O)C1=C=C(C(=O)N2CC(F)CC2c2cccc(F)c2)C1. The third kappa shape index (κ3) is 2.90. The molecule has 0 aromatic heterocycles. The van der Waals surface area contributed by atoms with Crippen molar-refractivity contribution in [2.75, 3.05) is 13.7 Å². The Morgan fingerprint density at radius 1 is 1.35 bits per heavy atom. The summed E-state index contributed by atoms with van der Waals surface area (Å²) in [6.45, 7) is -0.0429. The molecule has 6 heteroatoms. The van der Waals surface area contributed by atoms with E-state index in [0.29, 0.717) is 16.7 Å². The lowest BCUT2D eigenvalue weighted by atomic mass is 9.95. The van der Waals surface area contributed by atoms with Gasteiger partial charge in [0, 0.05) is 12.8 Å². The van der Waals surface area contributed by atoms with E-state index < -0.39 is 24.0 Å². The molecule has 1 heterocycles. The summed E-state index contributed by atoms with van der Waals surface area (Å²) in [6.07, 6.45) is -0.859. The lowest BCUT2D eigenvalue weighted by molar-refractivity contribution is -0.136. The maximum Gasteiger partial charge on any atom is 0.341 e. The zero-order chi connectivity index (χ0) is 16.6. The molecule has 4 nitrogen and oxygen atoms in total. The third-order valence-electron chi connectivity index (χ3n) is 4.09. The third-order valence-corrected chi connectivity index (χ3v) is 4.09. The van der Waals surface area contributed by atoms with Crippen molar-refractivity contribution >= 4 is 11.9 Å². The molecule has 1 aromatic carbocycles. The molecule has 1 saturated heterocycles. The lowest BCUT2D eigenvalue weighted by Gasteiger charge is -2.27. The van der Waals surface area contributed by atoms with E-state index >= 15 is 0 Å². The first-order chi connectivity index (χ1) is 11.0. The van der Waals surface area contributed by atoms with Gasteiger partial charge in [-0.25, -0.2) is 13.6 Å². The summed E-state index contributed by atoms with van der Waals surface area (Å²) >= 11 is 0. The predicted molar refractivity (Wildman–Crippen MR) is 77.5 cm³/mol. The zero-order valence-electron chi connectivity index (χ0n) is 12.5. The van der Waals surface area contributed by atoms with E-state index in [4.69, 9.17) is 0 Å². The van der Waals surface area contributed by atoms with Crippen LogP contribution in [0, 0.1) is 5.82 Å². The van der Waals surface area contributed by atoms with Crippen molar-refractivity contribution in [3.63, 3.8) is 0 Å². The number of hydrogen-bond donors (Lipinski definition) is 0. The number of carbonyl (C=O) groups is 2. The van der Waals surface area contributed by atoms with Crippen molar-refractivity contribution in [1.29, 1.82) is 0 Å². The van der Waals surface area contributed by atoms with Crippen molar-refractivity contribution in [2.45, 2.75) is 25.1 Å². The number of halogens is 2. The Bertz CT molecular complexity index is 737. The number of benzene rings is 1. The molecule has 3 rings (SSSR count). The summed E-state index contributed by atoms with van der Waals surface area (Å²) in [5.74, 6) is -1.31. The summed E-state index contributed by atoms with van der Waals surface area (Å²) in [6, 6.07) is 5.32. The van der Waals surface area contributed by atoms with Gasteiger partial charge in [0.25, 0.3) is 5.91 Å². The first-order valence-corrected chi connectivity index (χ1v) is 7.27. The summed E-state index contributed by atoms with van der Waals surface area (Å²) in [4.78, 5) is 25.2. The predicted octanol–water partition coefficient (Wildman–Crippen LogP) is 2.47. The molecule has 0 saturated carbocycles. The molecule has 1 aliphatic heterocycles. The number of likely N-dealkylation sites (tertiary alicyclic amines) is 1. The van der Waals surface area contributed by atoms with Gasteiger partial charge in [0.05, 0.1) is 30.8 Å². The minimum Gasteiger partial charge on any atom is -0.465 e. The number of ether oxygens (including phenoxy) is 1. The van der Waals surface area contributed by atoms with Gasteiger partial charge in [-0.1, -0.05) is 17.9 Å². The normalized spacial score (nSPS) is 23.0. The van der Waals surface area contributed by atoms with Crippen molar-refractivity contribution < 1.29 is 23.1 Å². The molecule has 0 bridgehead atoms. The van der Waals surface area contributed by atoms with Gasteiger partial charge in [0.1, 0.15) is 12.0 Å². The standard InChI is InChI=1S/C17H15F2NO3/c1-23-17(22)12-5-11(6-12)16(21)20-9-14(19)8-15(20)10-3-2-4-13(18)7-10/h2-4,7,14-15H,5,8-9H2,1H3. The molecular weight excluding hydrogens is 304 g/mol. The molecule has 2 atom stereocenters. The molecule has 120 valence electrons. The number of nitrogens with zero attached hydrogens (tertiary/aromatic N) is 1. The molecular formula is C17H15F2NO3. The second-order valence-corrected chi connectivity index (χ2v) is 5.61. The molecule has 2 unspecified atom stereocenters. The van der Waals surface area contributed by atoms with E-state index in [9.17, 15) is 18.4 Å². The summed E-state index contributed by atoms with van der Waals surface area (Å²) in [5.41, 5.74) is 3.86. The molecule has 1 amide bonds. The van der Waals surface area contributed by atoms with Crippen molar-refractivity contribution in [2.24, 2.45) is 0 Å². The number of carbonyl (C=O) groups excluding carboxylic acids is 2. The van der Waals surface area contributed by atoms with Crippen LogP contribution < -0.4 is 0 Å². The van der Waals surface area contributed by atoms with Crippen LogP contribution in [-0.4, -0.2) is 36.6 Å². The van der Waals surface area contributed by atoms with Gasteiger partial charge < -0.3 is 9.64 Å². The smallest absolute Gasteiger partial charge is 0.341 e. The Hall–Kier alpha value is -2.46. The quantitative estimate of drug-likeness (QED) is 0.635. The molecule has 0 spiro atoms. The molecule has 0 N–H and O–H groups in total. The van der Waals surface area contributed by atoms with Crippen LogP contribution in [0.3, 0.4) is 0 Å². The van der Waals surface area contributed by atoms with Crippen LogP contribution in [-0.2, 0) is 14.3 Å². The van der Waals surface area contributed by atoms with Gasteiger partial charge in [-0.2, -0.15) is 0 Å². The van der Waals surface area contributed by atoms with Gasteiger partial charge in [0.2, 0.25) is 0 Å². The highest BCUT2D eigenvalue weighted by atomic mass is 19.1. The molecule has 1 fully saturated rings. The van der Waals surface area contributed by atoms with Crippen molar-refractivity contribution in [3.05, 3.63) is 52.5 Å². The summed E-state index contributed by atoms with van der Waals surface area (Å²) in [7, 11) is 1.25. The first-order valence-electron chi connectivity index (χ1n) is 7.27. The Balaban J connectivity index is 1.85. The fraction of sp³-hybridized carbons (Fsp3) is 0.353. The largest absolute Gasteiger partial charge is 0.465 e. The number of alkyl halides is 1. The van der Waals surface area contributed by atoms with E-state index in [1.807, 2.05) is 0 Å². The molecule has 23 heavy (non-hydrogen) atoms. The minimum atomic E-state index is -1.16. The number of amides is 1. The maximum absolute atomic E-state index is 13.8. The Labute approximate surface area is 132 Å². The van der Waals surface area contributed by atoms with Crippen molar-refractivity contribution in [3.8, 4) is 0 Å². The average molecular weight is 319 g/mol. The molecule has 0 radical (unpaired) electrons. The fourth-order valence-corrected chi connectivity index (χ4v) is 2.93. The van der Waals surface area contributed by atoms with Gasteiger partial charge >= 0.3 is 5.97 Å². The van der Waals surface area contributed by atoms with E-state index in [-0.39, 0.29) is 25.3 Å². The van der Waals surface area contributed by atoms with Gasteiger partial charge in [-0.05, 0) is 17.7 Å². The average Bonchev–Trinajstić information content (AvgIpc) is 2.87. The minimum absolute atomic E-state index is 0.0429. The van der Waals surface area contributed by atoms with Gasteiger partial charge in [-0.15, -0.1) is 0 Å². The fourth-order valence-electron chi connectivity index (χ4n) is 2.93. The van der Waals surface area contributed by atoms with Gasteiger partial charge in [0.15, 0.2) is 0 Å². The van der Waals surface area contributed by atoms with Crippen LogP contribution in [0.2, 0.25) is 0 Å². The maximum atomic E-state index is 13.8. The number of esters is 1. The molecule has 2 aliphatic rings. The molecule has 1 aromatic rings. The highest BCUT2D eigenvalue weighted by molar-refractivity contribution is 6.01. The second kappa shape index (κ2) is 5.97. The van der Waals surface area contributed by atoms with E-state index in [2.05, 4.69) is 10.5 Å². The van der Waals surface area contributed by atoms with Crippen LogP contribution in [0.25, 0.3) is 0 Å². The summed E-state index contributed by atoms with van der Waals surface area (Å²) < 4.78 is 31.8. The van der Waals surface area contributed by atoms with E-state index in [1.54, 1.807) is 6.07 Å². The van der Waals surface area contributed by atoms with Crippen LogP contribution in [0.1, 0.15) is 24.4 Å². The van der Waals surface area contributed by atoms with E-state index in [1.165, 1.54) is 30.2 Å². The first kappa shape index (κ1) is 15.4. The van der Waals surface area contributed by atoms with Crippen LogP contribution in [0.4, 0.5) is 8.78 Å². The van der Waals surface area contributed by atoms with E-state index in [0.717, 1.165) is 0 Å². The summed E-state index contributed by atoms with van der Waals surface area (Å²) in [5, 5.41) is 0. The monoisotopic (exact) mass is 319 g/mol. The Kier molecular flexibility index (Phi) is 4.01. The number of hydrogen-bond acceptors (Lipinski definition) is 3. The highest BCUT2D eigenvalue weighted by Gasteiger charge is 2.39. The van der Waals surface area contributed by atoms with Crippen LogP contribution >= 0.6 is 0 Å². The van der Waals surface area contributed by atoms with Crippen molar-refractivity contribution in [1.82, 2.24) is 4.90 Å². The van der Waals surface area contributed by atoms with Crippen LogP contribution in [0.5, 0.6) is 0 Å². The zero-order valence-corrected chi connectivity index (χ0v) is 12.5. The number of rotatable bonds is 3. The Morgan fingerprint density at radius 2 is 2.09 bits per heavy atom. The molecule has 1 aliphatic carbocycles. The lowest BCUT2D eigenvalue weighted by Crippen LogP contribution is -2.34. The highest BCUT2D eigenvalue weighted by Crippen LogP contribution is 2.36. The van der Waals surface area contributed by atoms with Gasteiger partial charge in [-0.3, -0.25) is 4.79 Å². The van der Waals surface area contributed by atoms with Crippen LogP contribution in [0.15, 0.2) is 41.1 Å². The second-order valence-electron chi connectivity index (χ2n) is 5.61. The number of methoxy groups -OCH3 is 1. The topological polar surface area (TPSA) is 46.6 Å². The Morgan fingerprint density at radius 3 is 2.74 bits per heavy atom.